The summed E-state index contributed by atoms with van der Waals surface area (Å²) in [5.41, 5.74) is 7.69. The van der Waals surface area contributed by atoms with Crippen LogP contribution in [0.15, 0.2) is 100 Å². The van der Waals surface area contributed by atoms with E-state index in [1.54, 1.807) is 18.9 Å². The van der Waals surface area contributed by atoms with Crippen molar-refractivity contribution in [3.63, 3.8) is 0 Å². The van der Waals surface area contributed by atoms with Crippen LogP contribution in [-0.2, 0) is 0 Å². The Morgan fingerprint density at radius 2 is 1.68 bits per heavy atom. The van der Waals surface area contributed by atoms with Crippen molar-refractivity contribution in [2.45, 2.75) is 6.04 Å². The number of halogens is 2. The Morgan fingerprint density at radius 3 is 2.41 bits per heavy atom. The molecule has 1 atom stereocenters. The van der Waals surface area contributed by atoms with Gasteiger partial charge in [0.2, 0.25) is 0 Å². The van der Waals surface area contributed by atoms with Gasteiger partial charge in [0, 0.05) is 28.5 Å². The van der Waals surface area contributed by atoms with Crippen LogP contribution in [0.4, 0.5) is 0 Å². The van der Waals surface area contributed by atoms with Crippen LogP contribution in [0.25, 0.3) is 11.8 Å². The molecule has 0 aliphatic carbocycles. The van der Waals surface area contributed by atoms with Crippen molar-refractivity contribution in [1.82, 2.24) is 9.80 Å². The zero-order valence-electron chi connectivity index (χ0n) is 20.5. The van der Waals surface area contributed by atoms with Crippen LogP contribution in [-0.4, -0.2) is 42.2 Å². The number of aliphatic imine (C=N–C) groups is 1. The van der Waals surface area contributed by atoms with Crippen LogP contribution in [0, 0.1) is 0 Å². The average Bonchev–Trinajstić information content (AvgIpc) is 3.33. The van der Waals surface area contributed by atoms with Gasteiger partial charge in [-0.3, -0.25) is 4.90 Å². The number of hydrogen-bond acceptors (Lipinski definition) is 5. The molecule has 3 aromatic carbocycles. The van der Waals surface area contributed by atoms with Crippen LogP contribution in [0.2, 0.25) is 10.0 Å². The van der Waals surface area contributed by atoms with Crippen molar-refractivity contribution in [2.24, 2.45) is 4.99 Å². The lowest BCUT2D eigenvalue weighted by molar-refractivity contribution is 0.344. The molecule has 0 fully saturated rings. The fourth-order valence-electron chi connectivity index (χ4n) is 5.15. The molecule has 3 aliphatic rings. The highest BCUT2D eigenvalue weighted by atomic mass is 35.5. The Balaban J connectivity index is 1.52. The number of nitrogens with zero attached hydrogens (tertiary/aromatic N) is 3. The first-order valence-corrected chi connectivity index (χ1v) is 13.7. The highest BCUT2D eigenvalue weighted by Gasteiger charge is 2.41. The molecule has 3 heterocycles. The van der Waals surface area contributed by atoms with E-state index in [9.17, 15) is 0 Å². The van der Waals surface area contributed by atoms with Gasteiger partial charge in [-0.2, -0.15) is 0 Å². The molecule has 3 aromatic rings. The van der Waals surface area contributed by atoms with E-state index in [0.717, 1.165) is 67.7 Å². The van der Waals surface area contributed by atoms with Crippen molar-refractivity contribution in [3.8, 4) is 5.75 Å². The lowest BCUT2D eigenvalue weighted by Gasteiger charge is -2.42. The van der Waals surface area contributed by atoms with Crippen molar-refractivity contribution in [1.29, 1.82) is 0 Å². The monoisotopic (exact) mass is 545 g/mol. The Morgan fingerprint density at radius 1 is 0.946 bits per heavy atom. The van der Waals surface area contributed by atoms with E-state index in [1.807, 2.05) is 48.5 Å². The summed E-state index contributed by atoms with van der Waals surface area (Å²) in [6, 6.07) is 24.2. The van der Waals surface area contributed by atoms with Gasteiger partial charge in [0.25, 0.3) is 0 Å². The van der Waals surface area contributed by atoms with Crippen molar-refractivity contribution < 1.29 is 4.74 Å². The predicted octanol–water partition coefficient (Wildman–Crippen LogP) is 7.74. The summed E-state index contributed by atoms with van der Waals surface area (Å²) in [6.45, 7) is 1.58. The summed E-state index contributed by atoms with van der Waals surface area (Å²) in [6.07, 6.45) is 2.17. The molecule has 0 saturated heterocycles. The van der Waals surface area contributed by atoms with Gasteiger partial charge < -0.3 is 9.64 Å². The third kappa shape index (κ3) is 4.51. The van der Waals surface area contributed by atoms with E-state index in [-0.39, 0.29) is 6.04 Å². The van der Waals surface area contributed by atoms with E-state index in [1.165, 1.54) is 5.57 Å². The van der Waals surface area contributed by atoms with Gasteiger partial charge in [-0.05, 0) is 77.4 Å². The summed E-state index contributed by atoms with van der Waals surface area (Å²) in [5, 5.41) is 4.61. The standard InChI is InChI=1S/C30H25Cl2N3OS/c1-34-16-21(15-20-7-3-5-9-25(20)31)28-24(17-34)29(23-8-4-6-10-26(23)32)35-27(18-37-30(35)33-28)19-11-13-22(36-2)14-12-19/h3-15,18,29H,16-17H2,1-2H3/b21-15+/t29-/m0/s1. The lowest BCUT2D eigenvalue weighted by atomic mass is 9.88. The second kappa shape index (κ2) is 10.1. The first kappa shape index (κ1) is 24.4. The Bertz CT molecular complexity index is 1490. The number of amidine groups is 1. The maximum absolute atomic E-state index is 6.86. The summed E-state index contributed by atoms with van der Waals surface area (Å²) in [4.78, 5) is 9.91. The zero-order chi connectivity index (χ0) is 25.5. The molecule has 0 aromatic heterocycles. The smallest absolute Gasteiger partial charge is 0.174 e. The highest BCUT2D eigenvalue weighted by molar-refractivity contribution is 8.16. The minimum Gasteiger partial charge on any atom is -0.497 e. The van der Waals surface area contributed by atoms with Gasteiger partial charge in [0.15, 0.2) is 5.17 Å². The predicted molar refractivity (Wildman–Crippen MR) is 156 cm³/mol. The van der Waals surface area contributed by atoms with E-state index in [2.05, 4.69) is 52.6 Å². The van der Waals surface area contributed by atoms with Crippen LogP contribution in [0.3, 0.4) is 0 Å². The Kier molecular flexibility index (Phi) is 6.63. The number of benzene rings is 3. The van der Waals surface area contributed by atoms with Gasteiger partial charge in [-0.1, -0.05) is 71.4 Å². The maximum atomic E-state index is 6.86. The number of methoxy groups -OCH3 is 1. The fraction of sp³-hybridized carbons (Fsp3) is 0.167. The zero-order valence-corrected chi connectivity index (χ0v) is 22.8. The number of ether oxygens (including phenoxy) is 1. The Labute approximate surface area is 231 Å². The lowest BCUT2D eigenvalue weighted by Crippen LogP contribution is -2.40. The molecule has 7 heteroatoms. The summed E-state index contributed by atoms with van der Waals surface area (Å²) in [7, 11) is 3.83. The summed E-state index contributed by atoms with van der Waals surface area (Å²) < 4.78 is 5.39. The van der Waals surface area contributed by atoms with Crippen LogP contribution < -0.4 is 4.74 Å². The minimum atomic E-state index is -0.0862. The van der Waals surface area contributed by atoms with Crippen LogP contribution in [0.5, 0.6) is 5.75 Å². The molecule has 0 bridgehead atoms. The molecule has 6 rings (SSSR count). The van der Waals surface area contributed by atoms with Gasteiger partial charge in [0.1, 0.15) is 5.75 Å². The molecule has 0 amide bonds. The molecular weight excluding hydrogens is 521 g/mol. The van der Waals surface area contributed by atoms with E-state index in [0.29, 0.717) is 0 Å². The second-order valence-electron chi connectivity index (χ2n) is 9.28. The number of hydrogen-bond donors (Lipinski definition) is 0. The first-order chi connectivity index (χ1) is 18.0. The average molecular weight is 547 g/mol. The maximum Gasteiger partial charge on any atom is 0.174 e. The molecule has 0 radical (unpaired) electrons. The number of thioether (sulfide) groups is 1. The molecular formula is C30H25Cl2N3OS. The number of fused-ring (bicyclic) bond motifs is 1. The largest absolute Gasteiger partial charge is 0.497 e. The van der Waals surface area contributed by atoms with Gasteiger partial charge in [-0.15, -0.1) is 0 Å². The van der Waals surface area contributed by atoms with E-state index < -0.39 is 0 Å². The normalized spacial score (nSPS) is 20.5. The molecule has 186 valence electrons. The molecule has 3 aliphatic heterocycles. The molecule has 37 heavy (non-hydrogen) atoms. The third-order valence-electron chi connectivity index (χ3n) is 6.85. The van der Waals surface area contributed by atoms with Gasteiger partial charge in [0.05, 0.1) is 24.5 Å². The fourth-order valence-corrected chi connectivity index (χ4v) is 6.50. The molecule has 0 unspecified atom stereocenters. The molecule has 4 nitrogen and oxygen atoms in total. The van der Waals surface area contributed by atoms with Gasteiger partial charge in [-0.25, -0.2) is 4.99 Å². The molecule has 0 saturated carbocycles. The minimum absolute atomic E-state index is 0.0862. The number of likely N-dealkylation sites (N-methyl/N-ethyl adjacent to an activating group) is 1. The van der Waals surface area contributed by atoms with Crippen molar-refractivity contribution in [3.05, 3.63) is 122 Å². The SMILES string of the molecule is COc1ccc(C2=CSC3=NC4=C(CN(C)C/C4=C\c4ccccc4Cl)[C@H](c4ccccc4Cl)N23)cc1. The summed E-state index contributed by atoms with van der Waals surface area (Å²) in [5.74, 6) is 0.832. The van der Waals surface area contributed by atoms with E-state index >= 15 is 0 Å². The molecule has 0 N–H and O–H groups in total. The summed E-state index contributed by atoms with van der Waals surface area (Å²) >= 11 is 15.0. The Hall–Kier alpha value is -2.96. The van der Waals surface area contributed by atoms with Gasteiger partial charge >= 0.3 is 0 Å². The van der Waals surface area contributed by atoms with E-state index in [4.69, 9.17) is 32.9 Å². The first-order valence-electron chi connectivity index (χ1n) is 12.0. The van der Waals surface area contributed by atoms with Crippen LogP contribution >= 0.6 is 35.0 Å². The quantitative estimate of drug-likeness (QED) is 0.335. The third-order valence-corrected chi connectivity index (χ3v) is 8.38. The highest BCUT2D eigenvalue weighted by Crippen LogP contribution is 2.50. The topological polar surface area (TPSA) is 28.1 Å². The second-order valence-corrected chi connectivity index (χ2v) is 10.9. The number of rotatable bonds is 4. The van der Waals surface area contributed by atoms with Crippen molar-refractivity contribution in [2.75, 3.05) is 27.2 Å². The van der Waals surface area contributed by atoms with Crippen molar-refractivity contribution >= 4 is 51.9 Å². The molecule has 0 spiro atoms. The van der Waals surface area contributed by atoms with Crippen LogP contribution in [0.1, 0.15) is 22.7 Å².